The summed E-state index contributed by atoms with van der Waals surface area (Å²) < 4.78 is 11.9. The van der Waals surface area contributed by atoms with Crippen LogP contribution in [0, 0.1) is 12.8 Å². The summed E-state index contributed by atoms with van der Waals surface area (Å²) in [6.07, 6.45) is 8.46. The molecule has 1 aromatic carbocycles. The number of hydrogen-bond acceptors (Lipinski definition) is 7. The summed E-state index contributed by atoms with van der Waals surface area (Å²) in [7, 11) is 3.74. The van der Waals surface area contributed by atoms with Crippen LogP contribution in [0.5, 0.6) is 5.75 Å². The monoisotopic (exact) mass is 651 g/mol. The average Bonchev–Trinajstić information content (AvgIpc) is 3.76. The summed E-state index contributed by atoms with van der Waals surface area (Å²) in [5.74, 6) is 2.67. The van der Waals surface area contributed by atoms with Crippen LogP contribution in [-0.2, 0) is 27.1 Å². The van der Waals surface area contributed by atoms with E-state index in [9.17, 15) is 9.59 Å². The molecule has 0 saturated heterocycles. The van der Waals surface area contributed by atoms with Gasteiger partial charge in [-0.15, -0.1) is 0 Å². The summed E-state index contributed by atoms with van der Waals surface area (Å²) in [5, 5.41) is 4.61. The van der Waals surface area contributed by atoms with Gasteiger partial charge in [0.25, 0.3) is 11.8 Å². The molecule has 5 heterocycles. The predicted octanol–water partition coefficient (Wildman–Crippen LogP) is 4.92. The second kappa shape index (κ2) is 14.4. The Morgan fingerprint density at radius 2 is 1.67 bits per heavy atom. The maximum Gasteiger partial charge on any atom is 0.272 e. The Balaban J connectivity index is 1.28. The van der Waals surface area contributed by atoms with E-state index in [4.69, 9.17) is 4.74 Å². The maximum absolute atomic E-state index is 14.1. The Morgan fingerprint density at radius 3 is 2.46 bits per heavy atom. The number of ether oxygens (including phenoxy) is 1. The molecule has 252 valence electrons. The van der Waals surface area contributed by atoms with Crippen LogP contribution in [-0.4, -0.2) is 88.3 Å². The van der Waals surface area contributed by atoms with Crippen molar-refractivity contribution in [1.29, 1.82) is 0 Å². The van der Waals surface area contributed by atoms with Crippen LogP contribution in [0.25, 0.3) is 22.6 Å². The van der Waals surface area contributed by atoms with E-state index in [1.54, 1.807) is 23.1 Å². The van der Waals surface area contributed by atoms with Gasteiger partial charge < -0.3 is 23.7 Å². The van der Waals surface area contributed by atoms with Crippen molar-refractivity contribution in [1.82, 2.24) is 43.7 Å². The number of aromatic nitrogens is 7. The lowest BCUT2D eigenvalue weighted by molar-refractivity contribution is 0.0697. The molecule has 0 saturated carbocycles. The Hall–Kier alpha value is -5.00. The fourth-order valence-electron chi connectivity index (χ4n) is 6.35. The largest absolute Gasteiger partial charge is 0.492 e. The molecule has 0 unspecified atom stereocenters. The lowest BCUT2D eigenvalue weighted by Gasteiger charge is -2.25. The molecule has 0 aliphatic carbocycles. The van der Waals surface area contributed by atoms with E-state index in [-0.39, 0.29) is 11.8 Å². The summed E-state index contributed by atoms with van der Waals surface area (Å²) in [6, 6.07) is 11.6. The summed E-state index contributed by atoms with van der Waals surface area (Å²) in [5.41, 5.74) is 4.28. The Labute approximate surface area is 281 Å². The molecule has 0 N–H and O–H groups in total. The van der Waals surface area contributed by atoms with E-state index in [1.807, 2.05) is 71.9 Å². The molecule has 12 nitrogen and oxygen atoms in total. The SMILES string of the molecule is Cc1nc2c(C(=O)N3CCCCN(C(=O)c4cc(CC(C)C)nn4C)CCOc4cccc(c4)-c4nccn4CCC3)ccnc2n1C. The second-order valence-corrected chi connectivity index (χ2v) is 13.0. The van der Waals surface area contributed by atoms with E-state index in [0.29, 0.717) is 67.7 Å². The highest BCUT2D eigenvalue weighted by atomic mass is 16.5. The van der Waals surface area contributed by atoms with Crippen LogP contribution < -0.4 is 4.74 Å². The molecule has 0 radical (unpaired) electrons. The van der Waals surface area contributed by atoms with Gasteiger partial charge in [0, 0.05) is 64.4 Å². The first-order valence-corrected chi connectivity index (χ1v) is 16.8. The second-order valence-electron chi connectivity index (χ2n) is 13.0. The average molecular weight is 652 g/mol. The van der Waals surface area contributed by atoms with Gasteiger partial charge in [-0.05, 0) is 62.8 Å². The van der Waals surface area contributed by atoms with E-state index >= 15 is 0 Å². The number of pyridine rings is 1. The van der Waals surface area contributed by atoms with Crippen molar-refractivity contribution in [2.45, 2.75) is 53.0 Å². The zero-order chi connectivity index (χ0) is 33.8. The van der Waals surface area contributed by atoms with Crippen molar-refractivity contribution in [2.75, 3.05) is 32.8 Å². The van der Waals surface area contributed by atoms with Gasteiger partial charge in [0.1, 0.15) is 35.2 Å². The van der Waals surface area contributed by atoms with Crippen molar-refractivity contribution in [3.8, 4) is 17.1 Å². The van der Waals surface area contributed by atoms with Crippen LogP contribution in [0.1, 0.15) is 65.5 Å². The third-order valence-corrected chi connectivity index (χ3v) is 8.92. The van der Waals surface area contributed by atoms with Gasteiger partial charge in [-0.3, -0.25) is 14.3 Å². The van der Waals surface area contributed by atoms with Crippen molar-refractivity contribution >= 4 is 23.0 Å². The molecule has 6 rings (SSSR count). The van der Waals surface area contributed by atoms with Crippen LogP contribution in [0.4, 0.5) is 0 Å². The summed E-state index contributed by atoms with van der Waals surface area (Å²) in [4.78, 5) is 45.6. The first kappa shape index (κ1) is 32.9. The number of nitrogens with zero attached hydrogens (tertiary/aromatic N) is 9. The third kappa shape index (κ3) is 7.12. The number of benzene rings is 1. The highest BCUT2D eigenvalue weighted by molar-refractivity contribution is 6.04. The lowest BCUT2D eigenvalue weighted by atomic mass is 10.1. The molecule has 1 aliphatic rings. The minimum Gasteiger partial charge on any atom is -0.492 e. The summed E-state index contributed by atoms with van der Waals surface area (Å²) >= 11 is 0. The van der Waals surface area contributed by atoms with Crippen molar-refractivity contribution < 1.29 is 14.3 Å². The molecule has 2 bridgehead atoms. The topological polar surface area (TPSA) is 116 Å². The fourth-order valence-corrected chi connectivity index (χ4v) is 6.35. The maximum atomic E-state index is 14.1. The first-order valence-electron chi connectivity index (χ1n) is 16.8. The molecule has 48 heavy (non-hydrogen) atoms. The normalized spacial score (nSPS) is 15.0. The number of rotatable bonds is 4. The Kier molecular flexibility index (Phi) is 9.88. The molecular formula is C36H45N9O3. The molecule has 2 amide bonds. The quantitative estimate of drug-likeness (QED) is 0.271. The molecule has 4 aromatic heterocycles. The van der Waals surface area contributed by atoms with Gasteiger partial charge in [-0.2, -0.15) is 5.10 Å². The predicted molar refractivity (Wildman–Crippen MR) is 184 cm³/mol. The summed E-state index contributed by atoms with van der Waals surface area (Å²) in [6.45, 7) is 9.30. The minimum absolute atomic E-state index is 0.0640. The van der Waals surface area contributed by atoms with Crippen LogP contribution in [0.2, 0.25) is 0 Å². The van der Waals surface area contributed by atoms with Gasteiger partial charge in [-0.1, -0.05) is 26.0 Å². The first-order chi connectivity index (χ1) is 23.2. The lowest BCUT2D eigenvalue weighted by Crippen LogP contribution is -2.37. The van der Waals surface area contributed by atoms with Crippen molar-refractivity contribution in [3.63, 3.8) is 0 Å². The highest BCUT2D eigenvalue weighted by Gasteiger charge is 2.24. The van der Waals surface area contributed by atoms with Gasteiger partial charge in [0.15, 0.2) is 5.65 Å². The molecule has 0 atom stereocenters. The number of carbonyl (C=O) groups is 2. The van der Waals surface area contributed by atoms with E-state index < -0.39 is 0 Å². The minimum atomic E-state index is -0.0741. The fraction of sp³-hybridized carbons (Fsp3) is 0.444. The molecule has 5 aromatic rings. The smallest absolute Gasteiger partial charge is 0.272 e. The van der Waals surface area contributed by atoms with E-state index in [1.165, 1.54) is 0 Å². The molecule has 0 spiro atoms. The van der Waals surface area contributed by atoms with Crippen LogP contribution in [0.15, 0.2) is 55.0 Å². The number of fused-ring (bicyclic) bond motifs is 5. The zero-order valence-electron chi connectivity index (χ0n) is 28.6. The molecule has 12 heteroatoms. The van der Waals surface area contributed by atoms with E-state index in [0.717, 1.165) is 54.3 Å². The van der Waals surface area contributed by atoms with Crippen molar-refractivity contribution in [3.05, 3.63) is 77.8 Å². The molecular weight excluding hydrogens is 606 g/mol. The van der Waals surface area contributed by atoms with Gasteiger partial charge in [0.05, 0.1) is 17.8 Å². The Morgan fingerprint density at radius 1 is 0.896 bits per heavy atom. The zero-order valence-corrected chi connectivity index (χ0v) is 28.6. The number of aryl methyl sites for hydroxylation is 4. The van der Waals surface area contributed by atoms with Gasteiger partial charge in [-0.25, -0.2) is 15.0 Å². The highest BCUT2D eigenvalue weighted by Crippen LogP contribution is 2.24. The standard InChI is InChI=1S/C36H45N9O3/c1-25(2)22-28-24-31(42(5)40-28)36(47)45-16-7-6-15-44(35(46)30-12-13-37-34-32(30)39-26(3)41(34)4)18-9-17-43-19-14-38-33(43)27-10-8-11-29(23-27)48-21-20-45/h8,10-14,19,23-25H,6-7,9,15-18,20-22H2,1-5H3. The van der Waals surface area contributed by atoms with Crippen LogP contribution in [0.3, 0.4) is 0 Å². The molecule has 0 fully saturated rings. The van der Waals surface area contributed by atoms with E-state index in [2.05, 4.69) is 38.5 Å². The number of imidazole rings is 2. The van der Waals surface area contributed by atoms with Crippen LogP contribution >= 0.6 is 0 Å². The third-order valence-electron chi connectivity index (χ3n) is 8.92. The Bertz CT molecular complexity index is 1900. The number of carbonyl (C=O) groups excluding carboxylic acids is 2. The van der Waals surface area contributed by atoms with Gasteiger partial charge in [0.2, 0.25) is 0 Å². The number of hydrogen-bond donors (Lipinski definition) is 0. The van der Waals surface area contributed by atoms with Crippen molar-refractivity contribution in [2.24, 2.45) is 20.0 Å². The van der Waals surface area contributed by atoms with Gasteiger partial charge >= 0.3 is 0 Å². The molecule has 1 aliphatic heterocycles. The number of amides is 2.